The molecule has 4 heteroatoms. The zero-order valence-corrected chi connectivity index (χ0v) is 10.6. The first kappa shape index (κ1) is 13.3. The van der Waals surface area contributed by atoms with Crippen molar-refractivity contribution in [3.63, 3.8) is 0 Å². The molecule has 0 heterocycles. The van der Waals surface area contributed by atoms with Gasteiger partial charge < -0.3 is 5.11 Å². The lowest BCUT2D eigenvalue weighted by Crippen LogP contribution is -2.16. The van der Waals surface area contributed by atoms with Gasteiger partial charge in [-0.15, -0.1) is 0 Å². The fourth-order valence-electron chi connectivity index (χ4n) is 1.64. The van der Waals surface area contributed by atoms with Gasteiger partial charge in [-0.05, 0) is 30.5 Å². The Hall–Kier alpha value is -0.730. The van der Waals surface area contributed by atoms with Gasteiger partial charge in [-0.1, -0.05) is 42.6 Å². The second-order valence-corrected chi connectivity index (χ2v) is 4.54. The number of carbonyl (C=O) groups is 1. The molecule has 0 spiro atoms. The van der Waals surface area contributed by atoms with Crippen LogP contribution in [0.3, 0.4) is 0 Å². The van der Waals surface area contributed by atoms with Crippen molar-refractivity contribution < 1.29 is 9.90 Å². The molecule has 0 aliphatic heterocycles. The Balaban J connectivity index is 2.89. The van der Waals surface area contributed by atoms with Crippen LogP contribution in [-0.2, 0) is 11.2 Å². The Morgan fingerprint density at radius 2 is 1.94 bits per heavy atom. The number of aliphatic carboxylic acids is 1. The van der Waals surface area contributed by atoms with Gasteiger partial charge in [0.2, 0.25) is 0 Å². The van der Waals surface area contributed by atoms with Gasteiger partial charge in [-0.25, -0.2) is 0 Å². The number of rotatable bonds is 5. The molecular weight excluding hydrogens is 247 g/mol. The molecule has 1 aromatic rings. The van der Waals surface area contributed by atoms with E-state index >= 15 is 0 Å². The number of hydrogen-bond donors (Lipinski definition) is 1. The van der Waals surface area contributed by atoms with Crippen molar-refractivity contribution in [1.29, 1.82) is 0 Å². The van der Waals surface area contributed by atoms with Crippen LogP contribution in [0.5, 0.6) is 0 Å². The lowest BCUT2D eigenvalue weighted by molar-refractivity contribution is -0.141. The molecule has 0 aromatic heterocycles. The van der Waals surface area contributed by atoms with Crippen LogP contribution in [0.1, 0.15) is 25.3 Å². The maximum Gasteiger partial charge on any atom is 0.306 e. The minimum atomic E-state index is -0.794. The molecule has 0 fully saturated rings. The molecule has 0 amide bonds. The first-order valence-corrected chi connectivity index (χ1v) is 5.97. The smallest absolute Gasteiger partial charge is 0.306 e. The summed E-state index contributed by atoms with van der Waals surface area (Å²) in [6, 6.07) is 5.21. The number of benzene rings is 1. The van der Waals surface area contributed by atoms with Crippen molar-refractivity contribution in [3.05, 3.63) is 33.8 Å². The molecule has 1 unspecified atom stereocenters. The molecule has 16 heavy (non-hydrogen) atoms. The lowest BCUT2D eigenvalue weighted by Gasteiger charge is -2.13. The summed E-state index contributed by atoms with van der Waals surface area (Å²) < 4.78 is 0. The highest BCUT2D eigenvalue weighted by Gasteiger charge is 2.19. The third-order valence-electron chi connectivity index (χ3n) is 2.50. The van der Waals surface area contributed by atoms with Crippen LogP contribution in [0.25, 0.3) is 0 Å². The SMILES string of the molecule is CCCC(Cc1c(Cl)cccc1Cl)C(=O)O. The predicted octanol–water partition coefficient (Wildman–Crippen LogP) is 4.04. The topological polar surface area (TPSA) is 37.3 Å². The standard InChI is InChI=1S/C12H14Cl2O2/c1-2-4-8(12(15)16)7-9-10(13)5-3-6-11(9)14/h3,5-6,8H,2,4,7H2,1H3,(H,15,16). The summed E-state index contributed by atoms with van der Waals surface area (Å²) in [5.41, 5.74) is 0.728. The second kappa shape index (κ2) is 6.12. The monoisotopic (exact) mass is 260 g/mol. The Morgan fingerprint density at radius 1 is 1.38 bits per heavy atom. The van der Waals surface area contributed by atoms with E-state index in [-0.39, 0.29) is 0 Å². The van der Waals surface area contributed by atoms with Crippen molar-refractivity contribution in [3.8, 4) is 0 Å². The minimum absolute atomic E-state index is 0.391. The summed E-state index contributed by atoms with van der Waals surface area (Å²) in [6.07, 6.45) is 1.86. The summed E-state index contributed by atoms with van der Waals surface area (Å²) in [5, 5.41) is 10.1. The van der Waals surface area contributed by atoms with E-state index < -0.39 is 11.9 Å². The van der Waals surface area contributed by atoms with E-state index in [2.05, 4.69) is 0 Å². The van der Waals surface area contributed by atoms with E-state index in [4.69, 9.17) is 28.3 Å². The molecule has 1 rings (SSSR count). The Morgan fingerprint density at radius 3 is 2.38 bits per heavy atom. The van der Waals surface area contributed by atoms with Crippen LogP contribution in [0.15, 0.2) is 18.2 Å². The van der Waals surface area contributed by atoms with E-state index in [1.807, 2.05) is 6.92 Å². The van der Waals surface area contributed by atoms with Crippen LogP contribution in [0.4, 0.5) is 0 Å². The zero-order valence-electron chi connectivity index (χ0n) is 9.04. The number of carboxylic acid groups (broad SMARTS) is 1. The molecule has 0 saturated heterocycles. The number of carboxylic acids is 1. The highest BCUT2D eigenvalue weighted by molar-refractivity contribution is 6.36. The zero-order chi connectivity index (χ0) is 12.1. The van der Waals surface area contributed by atoms with Gasteiger partial charge in [0.05, 0.1) is 5.92 Å². The average molecular weight is 261 g/mol. The van der Waals surface area contributed by atoms with Gasteiger partial charge in [0, 0.05) is 10.0 Å². The van der Waals surface area contributed by atoms with Crippen LogP contribution >= 0.6 is 23.2 Å². The maximum atomic E-state index is 11.0. The molecule has 88 valence electrons. The first-order chi connectivity index (χ1) is 7.56. The van der Waals surface area contributed by atoms with Gasteiger partial charge in [-0.2, -0.15) is 0 Å². The molecular formula is C12H14Cl2O2. The quantitative estimate of drug-likeness (QED) is 0.868. The number of hydrogen-bond acceptors (Lipinski definition) is 1. The maximum absolute atomic E-state index is 11.0. The molecule has 0 aliphatic rings. The molecule has 0 bridgehead atoms. The van der Waals surface area contributed by atoms with Crippen molar-refractivity contribution in [2.75, 3.05) is 0 Å². The van der Waals surface area contributed by atoms with Crippen LogP contribution < -0.4 is 0 Å². The van der Waals surface area contributed by atoms with E-state index in [1.54, 1.807) is 18.2 Å². The number of halogens is 2. The first-order valence-electron chi connectivity index (χ1n) is 5.22. The van der Waals surface area contributed by atoms with E-state index in [0.717, 1.165) is 12.0 Å². The molecule has 1 aromatic carbocycles. The van der Waals surface area contributed by atoms with Gasteiger partial charge in [-0.3, -0.25) is 4.79 Å². The fourth-order valence-corrected chi connectivity index (χ4v) is 2.19. The highest BCUT2D eigenvalue weighted by Crippen LogP contribution is 2.28. The third kappa shape index (κ3) is 3.39. The van der Waals surface area contributed by atoms with Gasteiger partial charge in [0.25, 0.3) is 0 Å². The van der Waals surface area contributed by atoms with Crippen molar-refractivity contribution >= 4 is 29.2 Å². The fraction of sp³-hybridized carbons (Fsp3) is 0.417. The summed E-state index contributed by atoms with van der Waals surface area (Å²) in [4.78, 5) is 11.0. The lowest BCUT2D eigenvalue weighted by atomic mass is 9.95. The molecule has 1 atom stereocenters. The Kier molecular flexibility index (Phi) is 5.10. The molecule has 1 N–H and O–H groups in total. The van der Waals surface area contributed by atoms with E-state index in [1.165, 1.54) is 0 Å². The third-order valence-corrected chi connectivity index (χ3v) is 3.21. The van der Waals surface area contributed by atoms with Gasteiger partial charge >= 0.3 is 5.97 Å². The minimum Gasteiger partial charge on any atom is -0.481 e. The summed E-state index contributed by atoms with van der Waals surface area (Å²) in [6.45, 7) is 1.96. The molecule has 2 nitrogen and oxygen atoms in total. The summed E-state index contributed by atoms with van der Waals surface area (Å²) in [5.74, 6) is -1.21. The van der Waals surface area contributed by atoms with Gasteiger partial charge in [0.15, 0.2) is 0 Å². The molecule has 0 aliphatic carbocycles. The predicted molar refractivity (Wildman–Crippen MR) is 66.2 cm³/mol. The van der Waals surface area contributed by atoms with Gasteiger partial charge in [0.1, 0.15) is 0 Å². The average Bonchev–Trinajstić information content (AvgIpc) is 2.21. The summed E-state index contributed by atoms with van der Waals surface area (Å²) in [7, 11) is 0. The summed E-state index contributed by atoms with van der Waals surface area (Å²) >= 11 is 12.0. The normalized spacial score (nSPS) is 12.4. The Labute approximate surface area is 105 Å². The van der Waals surface area contributed by atoms with Crippen LogP contribution in [0, 0.1) is 5.92 Å². The second-order valence-electron chi connectivity index (χ2n) is 3.73. The van der Waals surface area contributed by atoms with Crippen LogP contribution in [0.2, 0.25) is 10.0 Å². The largest absolute Gasteiger partial charge is 0.481 e. The highest BCUT2D eigenvalue weighted by atomic mass is 35.5. The van der Waals surface area contributed by atoms with Crippen LogP contribution in [-0.4, -0.2) is 11.1 Å². The van der Waals surface area contributed by atoms with Crippen molar-refractivity contribution in [1.82, 2.24) is 0 Å². The van der Waals surface area contributed by atoms with Crippen molar-refractivity contribution in [2.24, 2.45) is 5.92 Å². The molecule has 0 radical (unpaired) electrons. The molecule has 0 saturated carbocycles. The van der Waals surface area contributed by atoms with E-state index in [9.17, 15) is 4.79 Å². The Bertz CT molecular complexity index is 357. The van der Waals surface area contributed by atoms with Crippen molar-refractivity contribution in [2.45, 2.75) is 26.2 Å². The van der Waals surface area contributed by atoms with E-state index in [0.29, 0.717) is 22.9 Å².